The van der Waals surface area contributed by atoms with Crippen LogP contribution in [0.3, 0.4) is 0 Å². The van der Waals surface area contributed by atoms with E-state index in [9.17, 15) is 4.79 Å². The number of hydrogen-bond donors (Lipinski definition) is 1. The first-order valence-corrected chi connectivity index (χ1v) is 9.69. The monoisotopic (exact) mass is 375 g/mol. The highest BCUT2D eigenvalue weighted by Gasteiger charge is 2.28. The number of rotatable bonds is 6. The maximum absolute atomic E-state index is 12.6. The van der Waals surface area contributed by atoms with Crippen LogP contribution in [0.5, 0.6) is 0 Å². The third kappa shape index (κ3) is 3.15. The molecule has 0 aliphatic rings. The van der Waals surface area contributed by atoms with Crippen LogP contribution in [0.1, 0.15) is 37.3 Å². The lowest BCUT2D eigenvalue weighted by molar-refractivity contribution is -0.121. The number of hydrogen-bond acceptors (Lipinski definition) is 3. The number of nitrogens with one attached hydrogen (secondary N) is 1. The Morgan fingerprint density at radius 1 is 0.929 bits per heavy atom. The summed E-state index contributed by atoms with van der Waals surface area (Å²) in [7, 11) is 4.01. The molecule has 0 radical (unpaired) electrons. The Kier molecular flexibility index (Phi) is 4.86. The van der Waals surface area contributed by atoms with Gasteiger partial charge in [0, 0.05) is 27.1 Å². The van der Waals surface area contributed by atoms with Gasteiger partial charge in [0.2, 0.25) is 5.91 Å². The Labute approximate surface area is 164 Å². The second-order valence-electron chi connectivity index (χ2n) is 7.14. The number of benzene rings is 2. The second-order valence-corrected chi connectivity index (χ2v) is 7.14. The second kappa shape index (κ2) is 7.46. The fraction of sp³-hybridized carbons (Fsp3) is 0.318. The molecule has 0 saturated carbocycles. The van der Waals surface area contributed by atoms with E-state index in [-0.39, 0.29) is 11.8 Å². The number of imidazole rings is 2. The summed E-state index contributed by atoms with van der Waals surface area (Å²) >= 11 is 0. The predicted molar refractivity (Wildman–Crippen MR) is 111 cm³/mol. The molecule has 6 heteroatoms. The summed E-state index contributed by atoms with van der Waals surface area (Å²) in [6, 6.07) is 16.1. The van der Waals surface area contributed by atoms with E-state index < -0.39 is 0 Å². The summed E-state index contributed by atoms with van der Waals surface area (Å²) in [5.74, 6) is 1.50. The maximum atomic E-state index is 12.6. The molecule has 0 fully saturated rings. The van der Waals surface area contributed by atoms with Crippen molar-refractivity contribution in [1.82, 2.24) is 24.4 Å². The van der Waals surface area contributed by atoms with Crippen LogP contribution in [0.25, 0.3) is 22.1 Å². The molecule has 6 nitrogen and oxygen atoms in total. The van der Waals surface area contributed by atoms with E-state index in [0.717, 1.165) is 40.1 Å². The van der Waals surface area contributed by atoms with E-state index in [1.807, 2.05) is 50.5 Å². The van der Waals surface area contributed by atoms with Crippen LogP contribution in [0.2, 0.25) is 0 Å². The van der Waals surface area contributed by atoms with Crippen LogP contribution in [-0.2, 0) is 18.9 Å². The smallest absolute Gasteiger partial charge is 0.221 e. The Bertz CT molecular complexity index is 1060. The van der Waals surface area contributed by atoms with Gasteiger partial charge in [0.15, 0.2) is 0 Å². The van der Waals surface area contributed by atoms with Gasteiger partial charge in [0.05, 0.1) is 28.0 Å². The van der Waals surface area contributed by atoms with E-state index in [1.54, 1.807) is 0 Å². The number of aryl methyl sites for hydroxylation is 2. The molecule has 2 aromatic heterocycles. The molecule has 0 aliphatic heterocycles. The fourth-order valence-corrected chi connectivity index (χ4v) is 3.77. The van der Waals surface area contributed by atoms with Gasteiger partial charge in [0.1, 0.15) is 11.6 Å². The average Bonchev–Trinajstić information content (AvgIpc) is 3.22. The minimum absolute atomic E-state index is 0.0194. The van der Waals surface area contributed by atoms with Crippen molar-refractivity contribution in [2.24, 2.45) is 14.1 Å². The highest BCUT2D eigenvalue weighted by atomic mass is 16.1. The van der Waals surface area contributed by atoms with Crippen molar-refractivity contribution in [1.29, 1.82) is 0 Å². The van der Waals surface area contributed by atoms with Crippen LogP contribution in [0.4, 0.5) is 0 Å². The number of carbonyl (C=O) groups excluding carboxylic acids is 1. The van der Waals surface area contributed by atoms with Gasteiger partial charge in [-0.3, -0.25) is 4.79 Å². The molecule has 0 atom stereocenters. The van der Waals surface area contributed by atoms with Crippen LogP contribution >= 0.6 is 0 Å². The van der Waals surface area contributed by atoms with Gasteiger partial charge in [-0.25, -0.2) is 9.97 Å². The molecule has 4 aromatic rings. The molecule has 2 aromatic carbocycles. The average molecular weight is 375 g/mol. The van der Waals surface area contributed by atoms with E-state index >= 15 is 0 Å². The molecular formula is C22H25N5O. The highest BCUT2D eigenvalue weighted by molar-refractivity contribution is 5.80. The third-order valence-electron chi connectivity index (χ3n) is 5.23. The quantitative estimate of drug-likeness (QED) is 0.561. The van der Waals surface area contributed by atoms with Crippen molar-refractivity contribution in [3.63, 3.8) is 0 Å². The molecule has 0 spiro atoms. The number of nitrogens with zero attached hydrogens (tertiary/aromatic N) is 4. The highest BCUT2D eigenvalue weighted by Crippen LogP contribution is 2.31. The predicted octanol–water partition coefficient (Wildman–Crippen LogP) is 3.51. The van der Waals surface area contributed by atoms with Gasteiger partial charge in [0.25, 0.3) is 0 Å². The third-order valence-corrected chi connectivity index (χ3v) is 5.23. The van der Waals surface area contributed by atoms with Crippen molar-refractivity contribution >= 4 is 28.0 Å². The van der Waals surface area contributed by atoms with Gasteiger partial charge in [-0.1, -0.05) is 31.2 Å². The van der Waals surface area contributed by atoms with E-state index in [2.05, 4.69) is 33.5 Å². The SMILES string of the molecule is CCCNC(=O)CC(c1nc2ccccc2n1C)c1nc2ccccc2n1C. The fourth-order valence-electron chi connectivity index (χ4n) is 3.77. The van der Waals surface area contributed by atoms with Crippen LogP contribution in [0.15, 0.2) is 48.5 Å². The summed E-state index contributed by atoms with van der Waals surface area (Å²) in [6.45, 7) is 2.73. The van der Waals surface area contributed by atoms with Crippen LogP contribution in [0, 0.1) is 0 Å². The summed E-state index contributed by atoms with van der Waals surface area (Å²) in [6.07, 6.45) is 1.23. The zero-order valence-corrected chi connectivity index (χ0v) is 16.5. The first kappa shape index (κ1) is 18.2. The lowest BCUT2D eigenvalue weighted by Crippen LogP contribution is -2.27. The summed E-state index contributed by atoms with van der Waals surface area (Å²) < 4.78 is 4.15. The minimum Gasteiger partial charge on any atom is -0.356 e. The molecule has 0 saturated heterocycles. The number of carbonyl (C=O) groups is 1. The van der Waals surface area contributed by atoms with Gasteiger partial charge in [-0.2, -0.15) is 0 Å². The Balaban J connectivity index is 1.84. The first-order chi connectivity index (χ1) is 13.6. The molecule has 28 heavy (non-hydrogen) atoms. The maximum Gasteiger partial charge on any atom is 0.221 e. The first-order valence-electron chi connectivity index (χ1n) is 9.69. The van der Waals surface area contributed by atoms with Crippen LogP contribution < -0.4 is 5.32 Å². The van der Waals surface area contributed by atoms with E-state index in [4.69, 9.17) is 9.97 Å². The molecule has 1 N–H and O–H groups in total. The van der Waals surface area contributed by atoms with Gasteiger partial charge < -0.3 is 14.5 Å². The van der Waals surface area contributed by atoms with Gasteiger partial charge >= 0.3 is 0 Å². The van der Waals surface area contributed by atoms with E-state index in [1.165, 1.54) is 0 Å². The summed E-state index contributed by atoms with van der Waals surface area (Å²) in [4.78, 5) is 22.4. The molecule has 2 heterocycles. The Morgan fingerprint density at radius 2 is 1.43 bits per heavy atom. The number of aromatic nitrogens is 4. The summed E-state index contributed by atoms with van der Waals surface area (Å²) in [5, 5.41) is 3.00. The van der Waals surface area contributed by atoms with Crippen molar-refractivity contribution in [2.75, 3.05) is 6.54 Å². The molecular weight excluding hydrogens is 350 g/mol. The minimum atomic E-state index is -0.230. The molecule has 4 rings (SSSR count). The van der Waals surface area contributed by atoms with Crippen molar-refractivity contribution in [2.45, 2.75) is 25.7 Å². The molecule has 0 bridgehead atoms. The molecule has 1 amide bonds. The number of para-hydroxylation sites is 4. The van der Waals surface area contributed by atoms with Crippen molar-refractivity contribution in [3.8, 4) is 0 Å². The molecule has 0 unspecified atom stereocenters. The van der Waals surface area contributed by atoms with Crippen molar-refractivity contribution < 1.29 is 4.79 Å². The number of fused-ring (bicyclic) bond motifs is 2. The normalized spacial score (nSPS) is 11.6. The van der Waals surface area contributed by atoms with Crippen molar-refractivity contribution in [3.05, 3.63) is 60.2 Å². The lowest BCUT2D eigenvalue weighted by Gasteiger charge is -2.17. The standard InChI is InChI=1S/C22H25N5O/c1-4-13-23-20(28)14-15(21-24-16-9-5-7-11-18(16)26(21)2)22-25-17-10-6-8-12-19(17)27(22)3/h5-12,15H,4,13-14H2,1-3H3,(H,23,28). The largest absolute Gasteiger partial charge is 0.356 e. The van der Waals surface area contributed by atoms with E-state index in [0.29, 0.717) is 13.0 Å². The number of amides is 1. The van der Waals surface area contributed by atoms with Gasteiger partial charge in [-0.05, 0) is 30.7 Å². The lowest BCUT2D eigenvalue weighted by atomic mass is 10.0. The van der Waals surface area contributed by atoms with Gasteiger partial charge in [-0.15, -0.1) is 0 Å². The zero-order chi connectivity index (χ0) is 19.7. The zero-order valence-electron chi connectivity index (χ0n) is 16.5. The summed E-state index contributed by atoms with van der Waals surface area (Å²) in [5.41, 5.74) is 3.96. The molecule has 0 aliphatic carbocycles. The molecule has 144 valence electrons. The Morgan fingerprint density at radius 3 is 1.89 bits per heavy atom. The van der Waals surface area contributed by atoms with Crippen LogP contribution in [-0.4, -0.2) is 31.6 Å². The Hall–Kier alpha value is -3.15. The topological polar surface area (TPSA) is 64.7 Å².